The second kappa shape index (κ2) is 11.3. The monoisotopic (exact) mass is 397 g/mol. The molecule has 4 unspecified atom stereocenters. The maximum atomic E-state index is 13.7. The fourth-order valence-corrected chi connectivity index (χ4v) is 4.43. The van der Waals surface area contributed by atoms with Crippen molar-refractivity contribution in [3.8, 4) is 6.07 Å². The van der Waals surface area contributed by atoms with Crippen LogP contribution in [0.5, 0.6) is 0 Å². The summed E-state index contributed by atoms with van der Waals surface area (Å²) in [6, 6.07) is 8.53. The molecule has 29 heavy (non-hydrogen) atoms. The molecule has 4 atom stereocenters. The zero-order valence-corrected chi connectivity index (χ0v) is 18.3. The quantitative estimate of drug-likeness (QED) is 0.547. The maximum absolute atomic E-state index is 13.7. The molecular weight excluding hydrogens is 361 g/mol. The molecule has 1 aromatic rings. The van der Waals surface area contributed by atoms with Crippen LogP contribution >= 0.6 is 0 Å². The van der Waals surface area contributed by atoms with Crippen molar-refractivity contribution in [3.05, 3.63) is 58.4 Å². The van der Waals surface area contributed by atoms with E-state index < -0.39 is 0 Å². The van der Waals surface area contributed by atoms with Crippen LogP contribution in [0.2, 0.25) is 0 Å². The van der Waals surface area contributed by atoms with E-state index in [1.807, 2.05) is 25.1 Å². The van der Waals surface area contributed by atoms with Crippen molar-refractivity contribution in [1.82, 2.24) is 5.32 Å². The number of hydrogen-bond acceptors (Lipinski definition) is 3. The van der Waals surface area contributed by atoms with Gasteiger partial charge in [-0.25, -0.2) is 4.39 Å². The van der Waals surface area contributed by atoms with Crippen LogP contribution < -0.4 is 11.1 Å². The average Bonchev–Trinajstić information content (AvgIpc) is 2.71. The molecule has 0 radical (unpaired) electrons. The lowest BCUT2D eigenvalue weighted by Crippen LogP contribution is -2.41. The first-order valence-electron chi connectivity index (χ1n) is 10.9. The first-order valence-corrected chi connectivity index (χ1v) is 10.9. The van der Waals surface area contributed by atoms with Gasteiger partial charge in [0, 0.05) is 12.5 Å². The molecule has 4 heteroatoms. The van der Waals surface area contributed by atoms with Crippen molar-refractivity contribution in [3.63, 3.8) is 0 Å². The highest BCUT2D eigenvalue weighted by atomic mass is 19.1. The highest BCUT2D eigenvalue weighted by Gasteiger charge is 2.30. The molecule has 0 aliphatic heterocycles. The number of halogens is 1. The molecule has 0 aromatic heterocycles. The van der Waals surface area contributed by atoms with E-state index in [4.69, 9.17) is 5.73 Å². The van der Waals surface area contributed by atoms with Crippen LogP contribution in [0.15, 0.2) is 41.8 Å². The van der Waals surface area contributed by atoms with Gasteiger partial charge in [0.25, 0.3) is 0 Å². The van der Waals surface area contributed by atoms with Gasteiger partial charge in [-0.15, -0.1) is 0 Å². The summed E-state index contributed by atoms with van der Waals surface area (Å²) in [5.41, 5.74) is 10.4. The van der Waals surface area contributed by atoms with Crippen molar-refractivity contribution in [2.75, 3.05) is 13.1 Å². The molecule has 0 fully saturated rings. The highest BCUT2D eigenvalue weighted by Crippen LogP contribution is 2.35. The van der Waals surface area contributed by atoms with E-state index in [9.17, 15) is 9.65 Å². The molecule has 0 bridgehead atoms. The molecule has 1 aliphatic carbocycles. The standard InChI is InChI=1S/C25H36FN3/c1-5-11-29-25(24-10-9-23(26)13-18(24)4)19(6-2)14-22(16-28)20-7-8-21(15-27)17(3)12-20/h7-10,12,18-19,22,25,29H,5-6,11,13-14,16,28H2,1-4H3. The third kappa shape index (κ3) is 6.01. The van der Waals surface area contributed by atoms with Gasteiger partial charge >= 0.3 is 0 Å². The van der Waals surface area contributed by atoms with Crippen LogP contribution in [0, 0.1) is 30.1 Å². The van der Waals surface area contributed by atoms with Gasteiger partial charge in [-0.3, -0.25) is 0 Å². The van der Waals surface area contributed by atoms with E-state index in [1.165, 1.54) is 11.1 Å². The van der Waals surface area contributed by atoms with E-state index in [0.29, 0.717) is 24.4 Å². The van der Waals surface area contributed by atoms with Crippen molar-refractivity contribution in [1.29, 1.82) is 5.26 Å². The zero-order chi connectivity index (χ0) is 21.4. The number of allylic oxidation sites excluding steroid dienone is 3. The minimum absolute atomic E-state index is 0.0311. The Labute approximate surface area is 175 Å². The predicted molar refractivity (Wildman–Crippen MR) is 119 cm³/mol. The Morgan fingerprint density at radius 2 is 2.07 bits per heavy atom. The Bertz CT molecular complexity index is 775. The van der Waals surface area contributed by atoms with Gasteiger partial charge in [0.1, 0.15) is 5.83 Å². The fraction of sp³-hybridized carbons (Fsp3) is 0.560. The molecular formula is C25H36FN3. The van der Waals surface area contributed by atoms with Crippen LogP contribution in [-0.2, 0) is 0 Å². The smallest absolute Gasteiger partial charge is 0.100 e. The molecule has 0 amide bonds. The normalized spacial score (nSPS) is 19.7. The summed E-state index contributed by atoms with van der Waals surface area (Å²) in [4.78, 5) is 0. The molecule has 2 rings (SSSR count). The van der Waals surface area contributed by atoms with Crippen molar-refractivity contribution >= 4 is 0 Å². The van der Waals surface area contributed by atoms with Gasteiger partial charge in [-0.05, 0) is 79.5 Å². The summed E-state index contributed by atoms with van der Waals surface area (Å²) in [5.74, 6) is 0.826. The summed E-state index contributed by atoms with van der Waals surface area (Å²) in [6.45, 7) is 10.0. The van der Waals surface area contributed by atoms with E-state index in [0.717, 1.165) is 31.4 Å². The SMILES string of the molecule is CCCNC(C1=CC=C(F)CC1C)C(CC)CC(CN)c1ccc(C#N)c(C)c1. The Morgan fingerprint density at radius 1 is 1.31 bits per heavy atom. The van der Waals surface area contributed by atoms with Crippen molar-refractivity contribution in [2.24, 2.45) is 17.6 Å². The fourth-order valence-electron chi connectivity index (χ4n) is 4.43. The first kappa shape index (κ1) is 23.3. The van der Waals surface area contributed by atoms with Gasteiger partial charge in [0.05, 0.1) is 11.6 Å². The number of hydrogen-bond donors (Lipinski definition) is 2. The predicted octanol–water partition coefficient (Wildman–Crippen LogP) is 5.51. The lowest BCUT2D eigenvalue weighted by atomic mass is 9.76. The van der Waals surface area contributed by atoms with Crippen LogP contribution in [-0.4, -0.2) is 19.1 Å². The first-order chi connectivity index (χ1) is 13.9. The number of benzene rings is 1. The number of nitrogens with one attached hydrogen (secondary N) is 1. The second-order valence-corrected chi connectivity index (χ2v) is 8.34. The number of nitriles is 1. The molecule has 3 nitrogen and oxygen atoms in total. The van der Waals surface area contributed by atoms with E-state index in [1.54, 1.807) is 6.08 Å². The largest absolute Gasteiger partial charge is 0.330 e. The number of aryl methyl sites for hydroxylation is 1. The average molecular weight is 398 g/mol. The maximum Gasteiger partial charge on any atom is 0.100 e. The van der Waals surface area contributed by atoms with Gasteiger partial charge in [0.2, 0.25) is 0 Å². The lowest BCUT2D eigenvalue weighted by Gasteiger charge is -2.35. The van der Waals surface area contributed by atoms with Gasteiger partial charge < -0.3 is 11.1 Å². The molecule has 1 aliphatic rings. The van der Waals surface area contributed by atoms with E-state index in [2.05, 4.69) is 38.2 Å². The van der Waals surface area contributed by atoms with Crippen LogP contribution in [0.3, 0.4) is 0 Å². The highest BCUT2D eigenvalue weighted by molar-refractivity contribution is 5.40. The minimum atomic E-state index is -0.0311. The van der Waals surface area contributed by atoms with E-state index in [-0.39, 0.29) is 23.7 Å². The molecule has 0 saturated heterocycles. The summed E-state index contributed by atoms with van der Waals surface area (Å²) in [7, 11) is 0. The van der Waals surface area contributed by atoms with Crippen molar-refractivity contribution < 1.29 is 4.39 Å². The molecule has 1 aromatic carbocycles. The number of nitrogens with two attached hydrogens (primary N) is 1. The Kier molecular flexibility index (Phi) is 9.07. The molecule has 3 N–H and O–H groups in total. The van der Waals surface area contributed by atoms with Crippen LogP contribution in [0.25, 0.3) is 0 Å². The van der Waals surface area contributed by atoms with Crippen molar-refractivity contribution in [2.45, 2.75) is 65.3 Å². The van der Waals surface area contributed by atoms with Gasteiger partial charge in [-0.2, -0.15) is 5.26 Å². The summed E-state index contributed by atoms with van der Waals surface area (Å²) in [6.07, 6.45) is 7.17. The van der Waals surface area contributed by atoms with Crippen LogP contribution in [0.1, 0.15) is 69.1 Å². The van der Waals surface area contributed by atoms with Gasteiger partial charge in [-0.1, -0.05) is 45.4 Å². The third-order valence-electron chi connectivity index (χ3n) is 6.21. The Hall–Kier alpha value is -1.96. The number of rotatable bonds is 10. The summed E-state index contributed by atoms with van der Waals surface area (Å²) in [5, 5.41) is 13.0. The molecule has 158 valence electrons. The molecule has 0 heterocycles. The zero-order valence-electron chi connectivity index (χ0n) is 18.3. The third-order valence-corrected chi connectivity index (χ3v) is 6.21. The minimum Gasteiger partial charge on any atom is -0.330 e. The van der Waals surface area contributed by atoms with Gasteiger partial charge in [0.15, 0.2) is 0 Å². The number of nitrogens with zero attached hydrogens (tertiary/aromatic N) is 1. The Balaban J connectivity index is 2.28. The van der Waals surface area contributed by atoms with E-state index >= 15 is 0 Å². The summed E-state index contributed by atoms with van der Waals surface area (Å²) >= 11 is 0. The summed E-state index contributed by atoms with van der Waals surface area (Å²) < 4.78 is 13.7. The topological polar surface area (TPSA) is 61.8 Å². The lowest BCUT2D eigenvalue weighted by molar-refractivity contribution is 0.316. The second-order valence-electron chi connectivity index (χ2n) is 8.34. The Morgan fingerprint density at radius 3 is 2.62 bits per heavy atom. The molecule has 0 spiro atoms. The molecule has 0 saturated carbocycles. The van der Waals surface area contributed by atoms with Crippen LogP contribution in [0.4, 0.5) is 4.39 Å².